The van der Waals surface area contributed by atoms with Gasteiger partial charge in [0, 0.05) is 0 Å². The number of aryl methyl sites for hydroxylation is 1. The molecule has 2 heteroatoms. The normalized spacial score (nSPS) is 12.1. The van der Waals surface area contributed by atoms with Gasteiger partial charge in [-0.3, -0.25) is 0 Å². The highest BCUT2D eigenvalue weighted by Crippen LogP contribution is 2.17. The van der Waals surface area contributed by atoms with Crippen LogP contribution in [0.3, 0.4) is 0 Å². The van der Waals surface area contributed by atoms with Gasteiger partial charge in [-0.25, -0.2) is 0 Å². The lowest BCUT2D eigenvalue weighted by atomic mass is 9.95. The van der Waals surface area contributed by atoms with E-state index < -0.39 is 0 Å². The van der Waals surface area contributed by atoms with Crippen molar-refractivity contribution in [1.82, 2.24) is 0 Å². The Bertz CT molecular complexity index is 379. The molecular weight excluding hydrogens is 198 g/mol. The lowest BCUT2D eigenvalue weighted by molar-refractivity contribution is 0.160. The quantitative estimate of drug-likeness (QED) is 0.824. The average Bonchev–Trinajstić information content (AvgIpc) is 2.34. The highest BCUT2D eigenvalue weighted by atomic mass is 16.3. The van der Waals surface area contributed by atoms with Crippen LogP contribution in [0.2, 0.25) is 0 Å². The first-order valence-corrected chi connectivity index (χ1v) is 5.91. The summed E-state index contributed by atoms with van der Waals surface area (Å²) in [6, 6.07) is 8.07. The van der Waals surface area contributed by atoms with Crippen molar-refractivity contribution in [1.29, 1.82) is 5.26 Å². The van der Waals surface area contributed by atoms with Crippen LogP contribution in [0.1, 0.15) is 43.4 Å². The van der Waals surface area contributed by atoms with E-state index in [1.54, 1.807) is 0 Å². The largest absolute Gasteiger partial charge is 0.393 e. The molecule has 0 amide bonds. The van der Waals surface area contributed by atoms with Gasteiger partial charge in [0.25, 0.3) is 0 Å². The Morgan fingerprint density at radius 2 is 2.12 bits per heavy atom. The molecule has 0 aromatic heterocycles. The Balaban J connectivity index is 2.84. The summed E-state index contributed by atoms with van der Waals surface area (Å²) >= 11 is 0. The summed E-state index contributed by atoms with van der Waals surface area (Å²) in [7, 11) is 0. The molecule has 0 spiro atoms. The number of hydrogen-bond acceptors (Lipinski definition) is 2. The molecule has 86 valence electrons. The van der Waals surface area contributed by atoms with E-state index in [2.05, 4.69) is 19.1 Å². The summed E-state index contributed by atoms with van der Waals surface area (Å²) in [5.41, 5.74) is 3.10. The maximum Gasteiger partial charge on any atom is 0.0994 e. The van der Waals surface area contributed by atoms with E-state index in [0.717, 1.165) is 36.8 Å². The molecule has 0 bridgehead atoms. The Labute approximate surface area is 97.5 Å². The molecule has 0 aliphatic rings. The summed E-state index contributed by atoms with van der Waals surface area (Å²) in [6.45, 7) is 4.05. The van der Waals surface area contributed by atoms with Crippen LogP contribution in [-0.2, 0) is 12.8 Å². The number of rotatable bonds is 5. The number of aliphatic hydroxyl groups is 1. The van der Waals surface area contributed by atoms with Crippen molar-refractivity contribution < 1.29 is 5.11 Å². The van der Waals surface area contributed by atoms with Gasteiger partial charge in [0.15, 0.2) is 0 Å². The fraction of sp³-hybridized carbons (Fsp3) is 0.500. The van der Waals surface area contributed by atoms with Crippen LogP contribution in [0.15, 0.2) is 18.2 Å². The lowest BCUT2D eigenvalue weighted by Crippen LogP contribution is -2.07. The van der Waals surface area contributed by atoms with Gasteiger partial charge in [0.1, 0.15) is 0 Å². The van der Waals surface area contributed by atoms with Crippen molar-refractivity contribution >= 4 is 0 Å². The van der Waals surface area contributed by atoms with Crippen LogP contribution in [-0.4, -0.2) is 11.2 Å². The summed E-state index contributed by atoms with van der Waals surface area (Å²) in [6.07, 6.45) is 3.07. The van der Waals surface area contributed by atoms with Crippen molar-refractivity contribution in [3.05, 3.63) is 34.9 Å². The molecule has 0 saturated carbocycles. The van der Waals surface area contributed by atoms with Gasteiger partial charge < -0.3 is 5.11 Å². The predicted octanol–water partition coefficient (Wildman–Crippen LogP) is 2.82. The van der Waals surface area contributed by atoms with E-state index in [0.29, 0.717) is 0 Å². The van der Waals surface area contributed by atoms with Crippen molar-refractivity contribution in [2.45, 2.75) is 45.6 Å². The third kappa shape index (κ3) is 3.08. The number of nitriles is 1. The van der Waals surface area contributed by atoms with Crippen LogP contribution in [0.25, 0.3) is 0 Å². The van der Waals surface area contributed by atoms with Crippen molar-refractivity contribution in [2.24, 2.45) is 0 Å². The maximum absolute atomic E-state index is 9.54. The van der Waals surface area contributed by atoms with Gasteiger partial charge in [-0.15, -0.1) is 0 Å². The van der Waals surface area contributed by atoms with Gasteiger partial charge in [-0.2, -0.15) is 5.26 Å². The highest BCUT2D eigenvalue weighted by Gasteiger charge is 2.08. The minimum atomic E-state index is -0.226. The Morgan fingerprint density at radius 1 is 1.38 bits per heavy atom. The molecular formula is C14H19NO. The zero-order chi connectivity index (χ0) is 12.0. The van der Waals surface area contributed by atoms with Gasteiger partial charge in [-0.05, 0) is 42.9 Å². The second-order valence-corrected chi connectivity index (χ2v) is 4.01. The number of benzene rings is 1. The van der Waals surface area contributed by atoms with E-state index in [1.165, 1.54) is 5.56 Å². The van der Waals surface area contributed by atoms with Gasteiger partial charge in [0.2, 0.25) is 0 Å². The number of aliphatic hydroxyl groups excluding tert-OH is 1. The van der Waals surface area contributed by atoms with Crippen molar-refractivity contribution in [2.75, 3.05) is 0 Å². The monoisotopic (exact) mass is 217 g/mol. The molecule has 0 aliphatic carbocycles. The predicted molar refractivity (Wildman–Crippen MR) is 65.2 cm³/mol. The Kier molecular flexibility index (Phi) is 5.01. The smallest absolute Gasteiger partial charge is 0.0994 e. The van der Waals surface area contributed by atoms with Crippen molar-refractivity contribution in [3.8, 4) is 6.07 Å². The SMILES string of the molecule is CCc1c(C#N)cccc1CCC(O)CC. The molecule has 0 aliphatic heterocycles. The Morgan fingerprint density at radius 3 is 2.69 bits per heavy atom. The average molecular weight is 217 g/mol. The lowest BCUT2D eigenvalue weighted by Gasteiger charge is -2.11. The van der Waals surface area contributed by atoms with Gasteiger partial charge in [-0.1, -0.05) is 26.0 Å². The van der Waals surface area contributed by atoms with E-state index in [9.17, 15) is 5.11 Å². The Hall–Kier alpha value is -1.33. The molecule has 1 atom stereocenters. The third-order valence-electron chi connectivity index (χ3n) is 2.97. The van der Waals surface area contributed by atoms with E-state index in [-0.39, 0.29) is 6.10 Å². The maximum atomic E-state index is 9.54. The second-order valence-electron chi connectivity index (χ2n) is 4.01. The fourth-order valence-electron chi connectivity index (χ4n) is 1.92. The minimum Gasteiger partial charge on any atom is -0.393 e. The van der Waals surface area contributed by atoms with E-state index in [4.69, 9.17) is 5.26 Å². The van der Waals surface area contributed by atoms with E-state index in [1.807, 2.05) is 19.1 Å². The first-order valence-electron chi connectivity index (χ1n) is 5.91. The van der Waals surface area contributed by atoms with Gasteiger partial charge >= 0.3 is 0 Å². The van der Waals surface area contributed by atoms with Crippen molar-refractivity contribution in [3.63, 3.8) is 0 Å². The molecule has 1 aromatic carbocycles. The zero-order valence-corrected chi connectivity index (χ0v) is 10.0. The summed E-state index contributed by atoms with van der Waals surface area (Å²) in [4.78, 5) is 0. The fourth-order valence-corrected chi connectivity index (χ4v) is 1.92. The van der Waals surface area contributed by atoms with Crippen LogP contribution < -0.4 is 0 Å². The minimum absolute atomic E-state index is 0.226. The first kappa shape index (κ1) is 12.7. The topological polar surface area (TPSA) is 44.0 Å². The van der Waals surface area contributed by atoms with Crippen LogP contribution >= 0.6 is 0 Å². The van der Waals surface area contributed by atoms with Crippen LogP contribution in [0.4, 0.5) is 0 Å². The van der Waals surface area contributed by atoms with Crippen LogP contribution in [0, 0.1) is 11.3 Å². The summed E-state index contributed by atoms with van der Waals surface area (Å²) < 4.78 is 0. The number of nitrogens with zero attached hydrogens (tertiary/aromatic N) is 1. The molecule has 1 N–H and O–H groups in total. The number of hydrogen-bond donors (Lipinski definition) is 1. The third-order valence-corrected chi connectivity index (χ3v) is 2.97. The first-order chi connectivity index (χ1) is 7.72. The molecule has 16 heavy (non-hydrogen) atoms. The molecule has 1 unspecified atom stereocenters. The molecule has 2 nitrogen and oxygen atoms in total. The molecule has 0 radical (unpaired) electrons. The van der Waals surface area contributed by atoms with Crippen LogP contribution in [0.5, 0.6) is 0 Å². The molecule has 1 rings (SSSR count). The molecule has 0 fully saturated rings. The summed E-state index contributed by atoms with van der Waals surface area (Å²) in [5, 5.41) is 18.5. The van der Waals surface area contributed by atoms with E-state index >= 15 is 0 Å². The highest BCUT2D eigenvalue weighted by molar-refractivity contribution is 5.42. The second kappa shape index (κ2) is 6.30. The standard InChI is InChI=1S/C14H19NO/c1-3-13(16)9-8-11-6-5-7-12(10-15)14(11)4-2/h5-7,13,16H,3-4,8-9H2,1-2H3. The molecule has 1 aromatic rings. The molecule has 0 saturated heterocycles. The summed E-state index contributed by atoms with van der Waals surface area (Å²) in [5.74, 6) is 0. The molecule has 0 heterocycles. The van der Waals surface area contributed by atoms with Gasteiger partial charge in [0.05, 0.1) is 17.7 Å². The zero-order valence-electron chi connectivity index (χ0n) is 10.0.